The van der Waals surface area contributed by atoms with Crippen molar-refractivity contribution in [1.29, 1.82) is 0 Å². The summed E-state index contributed by atoms with van der Waals surface area (Å²) in [5, 5.41) is 0.610. The van der Waals surface area contributed by atoms with Crippen LogP contribution in [0.1, 0.15) is 12.0 Å². The number of rotatable bonds is 3. The molecule has 0 aliphatic heterocycles. The summed E-state index contributed by atoms with van der Waals surface area (Å²) in [5.41, 5.74) is 7.02. The van der Waals surface area contributed by atoms with Gasteiger partial charge in [0, 0.05) is 0 Å². The number of H-pyrrole nitrogens is 1. The molecule has 0 unspecified atom stereocenters. The van der Waals surface area contributed by atoms with E-state index in [1.807, 2.05) is 24.3 Å². The summed E-state index contributed by atoms with van der Waals surface area (Å²) in [4.78, 5) is 18.1. The van der Waals surface area contributed by atoms with Gasteiger partial charge in [-0.1, -0.05) is 18.2 Å². The Balaban J connectivity index is 2.41. The molecule has 0 fully saturated rings. The number of nitrogens with two attached hydrogens (primary N) is 1. The summed E-state index contributed by atoms with van der Waals surface area (Å²) in [5.74, 6) is 0. The molecule has 0 radical (unpaired) electrons. The normalized spacial score (nSPS) is 11.3. The van der Waals surface area contributed by atoms with Gasteiger partial charge in [-0.3, -0.25) is 4.79 Å². The van der Waals surface area contributed by atoms with Gasteiger partial charge >= 0.3 is 0 Å². The van der Waals surface area contributed by atoms with Crippen LogP contribution in [0.25, 0.3) is 17.0 Å². The first-order valence-electron chi connectivity index (χ1n) is 5.15. The Hall–Kier alpha value is -1.94. The fourth-order valence-corrected chi connectivity index (χ4v) is 1.50. The lowest BCUT2D eigenvalue weighted by Gasteiger charge is -1.97. The minimum Gasteiger partial charge on any atom is -0.330 e. The Labute approximate surface area is 92.8 Å². The Bertz CT molecular complexity index is 572. The number of nitrogens with one attached hydrogen (secondary N) is 1. The van der Waals surface area contributed by atoms with Crippen LogP contribution < -0.4 is 11.3 Å². The molecule has 1 heterocycles. The van der Waals surface area contributed by atoms with Crippen LogP contribution in [-0.4, -0.2) is 16.5 Å². The average molecular weight is 215 g/mol. The average Bonchev–Trinajstić information content (AvgIpc) is 2.30. The molecule has 0 saturated carbocycles. The van der Waals surface area contributed by atoms with E-state index in [4.69, 9.17) is 5.73 Å². The minimum absolute atomic E-state index is 0.109. The molecule has 2 aromatic rings. The van der Waals surface area contributed by atoms with Crippen molar-refractivity contribution in [2.24, 2.45) is 5.73 Å². The van der Waals surface area contributed by atoms with Crippen LogP contribution in [0.3, 0.4) is 0 Å². The maximum absolute atomic E-state index is 11.4. The maximum Gasteiger partial charge on any atom is 0.258 e. The number of benzene rings is 1. The standard InChI is InChI=1S/C12H13N3O/c13-6-2-1-3-9-4-5-10-11(7-9)14-8-15-12(10)16/h1,3-5,7-8H,2,6,13H2,(H,14,15,16). The van der Waals surface area contributed by atoms with Gasteiger partial charge in [-0.2, -0.15) is 0 Å². The van der Waals surface area contributed by atoms with E-state index in [-0.39, 0.29) is 5.56 Å². The summed E-state index contributed by atoms with van der Waals surface area (Å²) >= 11 is 0. The van der Waals surface area contributed by atoms with Gasteiger partial charge in [0.1, 0.15) is 0 Å². The van der Waals surface area contributed by atoms with Crippen molar-refractivity contribution in [2.45, 2.75) is 6.42 Å². The Morgan fingerprint density at radius 1 is 1.44 bits per heavy atom. The van der Waals surface area contributed by atoms with Gasteiger partial charge in [0.15, 0.2) is 0 Å². The van der Waals surface area contributed by atoms with Crippen LogP contribution in [-0.2, 0) is 0 Å². The van der Waals surface area contributed by atoms with Crippen LogP contribution in [0.5, 0.6) is 0 Å². The van der Waals surface area contributed by atoms with E-state index >= 15 is 0 Å². The monoisotopic (exact) mass is 215 g/mol. The SMILES string of the molecule is NCCC=Cc1ccc2c(=O)[nH]cnc2c1. The topological polar surface area (TPSA) is 71.8 Å². The first-order chi connectivity index (χ1) is 7.81. The lowest BCUT2D eigenvalue weighted by atomic mass is 10.1. The second-order valence-electron chi connectivity index (χ2n) is 3.49. The van der Waals surface area contributed by atoms with Crippen molar-refractivity contribution >= 4 is 17.0 Å². The van der Waals surface area contributed by atoms with Crippen LogP contribution in [0.2, 0.25) is 0 Å². The predicted octanol–water partition coefficient (Wildman–Crippen LogP) is 1.29. The van der Waals surface area contributed by atoms with E-state index in [0.29, 0.717) is 17.4 Å². The molecule has 0 atom stereocenters. The molecule has 0 saturated heterocycles. The number of aromatic nitrogens is 2. The van der Waals surface area contributed by atoms with Crippen molar-refractivity contribution in [1.82, 2.24) is 9.97 Å². The van der Waals surface area contributed by atoms with Gasteiger partial charge in [-0.15, -0.1) is 0 Å². The highest BCUT2D eigenvalue weighted by atomic mass is 16.1. The maximum atomic E-state index is 11.4. The first-order valence-corrected chi connectivity index (χ1v) is 5.15. The molecule has 1 aromatic carbocycles. The zero-order valence-electron chi connectivity index (χ0n) is 8.81. The van der Waals surface area contributed by atoms with Crippen molar-refractivity contribution in [2.75, 3.05) is 6.54 Å². The van der Waals surface area contributed by atoms with Gasteiger partial charge in [-0.05, 0) is 30.7 Å². The van der Waals surface area contributed by atoms with E-state index < -0.39 is 0 Å². The van der Waals surface area contributed by atoms with Gasteiger partial charge in [0.25, 0.3) is 5.56 Å². The third-order valence-electron chi connectivity index (χ3n) is 2.31. The molecule has 0 amide bonds. The van der Waals surface area contributed by atoms with E-state index in [2.05, 4.69) is 9.97 Å². The molecule has 3 N–H and O–H groups in total. The van der Waals surface area contributed by atoms with Crippen LogP contribution >= 0.6 is 0 Å². The number of aromatic amines is 1. The second kappa shape index (κ2) is 4.72. The summed E-state index contributed by atoms with van der Waals surface area (Å²) in [6, 6.07) is 5.56. The lowest BCUT2D eigenvalue weighted by Crippen LogP contribution is -2.05. The molecular weight excluding hydrogens is 202 g/mol. The molecule has 16 heavy (non-hydrogen) atoms. The smallest absolute Gasteiger partial charge is 0.258 e. The summed E-state index contributed by atoms with van der Waals surface area (Å²) in [7, 11) is 0. The van der Waals surface area contributed by atoms with Crippen molar-refractivity contribution in [3.05, 3.63) is 46.5 Å². The molecular formula is C12H13N3O. The predicted molar refractivity (Wildman–Crippen MR) is 65.1 cm³/mol. The van der Waals surface area contributed by atoms with E-state index in [1.54, 1.807) is 6.07 Å². The van der Waals surface area contributed by atoms with Crippen molar-refractivity contribution < 1.29 is 0 Å². The summed E-state index contributed by atoms with van der Waals surface area (Å²) in [6.07, 6.45) is 6.25. The fourth-order valence-electron chi connectivity index (χ4n) is 1.50. The minimum atomic E-state index is -0.109. The second-order valence-corrected chi connectivity index (χ2v) is 3.49. The first kappa shape index (κ1) is 10.6. The van der Waals surface area contributed by atoms with Crippen LogP contribution in [0.4, 0.5) is 0 Å². The molecule has 0 spiro atoms. The molecule has 0 aliphatic carbocycles. The molecule has 4 nitrogen and oxygen atoms in total. The fraction of sp³-hybridized carbons (Fsp3) is 0.167. The van der Waals surface area contributed by atoms with Gasteiger partial charge in [0.05, 0.1) is 17.2 Å². The Morgan fingerprint density at radius 2 is 2.31 bits per heavy atom. The molecule has 0 bridgehead atoms. The zero-order valence-corrected chi connectivity index (χ0v) is 8.81. The summed E-state index contributed by atoms with van der Waals surface area (Å²) in [6.45, 7) is 0.641. The molecule has 2 rings (SSSR count). The third-order valence-corrected chi connectivity index (χ3v) is 2.31. The molecule has 1 aromatic heterocycles. The number of fused-ring (bicyclic) bond motifs is 1. The quantitative estimate of drug-likeness (QED) is 0.810. The molecule has 4 heteroatoms. The highest BCUT2D eigenvalue weighted by Crippen LogP contribution is 2.10. The largest absolute Gasteiger partial charge is 0.330 e. The molecule has 82 valence electrons. The van der Waals surface area contributed by atoms with Gasteiger partial charge < -0.3 is 10.7 Å². The van der Waals surface area contributed by atoms with Gasteiger partial charge in [0.2, 0.25) is 0 Å². The summed E-state index contributed by atoms with van der Waals surface area (Å²) < 4.78 is 0. The zero-order chi connectivity index (χ0) is 11.4. The highest BCUT2D eigenvalue weighted by Gasteiger charge is 1.98. The van der Waals surface area contributed by atoms with Gasteiger partial charge in [-0.25, -0.2) is 4.98 Å². The number of hydrogen-bond acceptors (Lipinski definition) is 3. The van der Waals surface area contributed by atoms with Crippen LogP contribution in [0.15, 0.2) is 35.4 Å². The highest BCUT2D eigenvalue weighted by molar-refractivity contribution is 5.79. The van der Waals surface area contributed by atoms with E-state index in [0.717, 1.165) is 12.0 Å². The number of hydrogen-bond donors (Lipinski definition) is 2. The van der Waals surface area contributed by atoms with E-state index in [1.165, 1.54) is 6.33 Å². The van der Waals surface area contributed by atoms with Crippen molar-refractivity contribution in [3.8, 4) is 0 Å². The number of nitrogens with zero attached hydrogens (tertiary/aromatic N) is 1. The molecule has 0 aliphatic rings. The van der Waals surface area contributed by atoms with Crippen LogP contribution in [0, 0.1) is 0 Å². The third kappa shape index (κ3) is 2.17. The Morgan fingerprint density at radius 3 is 3.12 bits per heavy atom. The van der Waals surface area contributed by atoms with E-state index in [9.17, 15) is 4.79 Å². The lowest BCUT2D eigenvalue weighted by molar-refractivity contribution is 1.01. The Kier molecular flexibility index (Phi) is 3.12. The van der Waals surface area contributed by atoms with Crippen molar-refractivity contribution in [3.63, 3.8) is 0 Å².